The van der Waals surface area contributed by atoms with Gasteiger partial charge in [0.25, 0.3) is 0 Å². The number of benzene rings is 2. The van der Waals surface area contributed by atoms with E-state index in [-0.39, 0.29) is 5.91 Å². The van der Waals surface area contributed by atoms with Crippen molar-refractivity contribution in [2.45, 2.75) is 51.9 Å². The van der Waals surface area contributed by atoms with Crippen molar-refractivity contribution in [2.24, 2.45) is 5.73 Å². The zero-order chi connectivity index (χ0) is 21.0. The van der Waals surface area contributed by atoms with E-state index in [2.05, 4.69) is 10.1 Å². The van der Waals surface area contributed by atoms with Gasteiger partial charge in [-0.2, -0.15) is 0 Å². The number of amides is 2. The molecule has 4 N–H and O–H groups in total. The van der Waals surface area contributed by atoms with E-state index in [9.17, 15) is 14.7 Å². The van der Waals surface area contributed by atoms with Gasteiger partial charge in [-0.05, 0) is 44.7 Å². The molecule has 0 saturated heterocycles. The summed E-state index contributed by atoms with van der Waals surface area (Å²) in [6.07, 6.45) is -0.554. The predicted octanol–water partition coefficient (Wildman–Crippen LogP) is 3.18. The molecule has 2 aromatic carbocycles. The van der Waals surface area contributed by atoms with Crippen LogP contribution in [0.5, 0.6) is 0 Å². The molecule has 2 rings (SSSR count). The molecule has 0 radical (unpaired) electrons. The summed E-state index contributed by atoms with van der Waals surface area (Å²) in [7, 11) is 0. The van der Waals surface area contributed by atoms with E-state index in [0.29, 0.717) is 19.4 Å². The van der Waals surface area contributed by atoms with Gasteiger partial charge in [-0.15, -0.1) is 0 Å². The number of aliphatic hydroxyl groups excluding tert-OH is 1. The third kappa shape index (κ3) is 11.0. The van der Waals surface area contributed by atoms with Gasteiger partial charge >= 0.3 is 6.09 Å². The Labute approximate surface area is 166 Å². The number of ether oxygens (including phenoxy) is 1. The van der Waals surface area contributed by atoms with E-state index in [1.807, 2.05) is 60.7 Å². The summed E-state index contributed by atoms with van der Waals surface area (Å²) >= 11 is 0. The van der Waals surface area contributed by atoms with Crippen molar-refractivity contribution < 1.29 is 19.4 Å². The molecular formula is C22H30N2O4. The third-order valence-electron chi connectivity index (χ3n) is 3.57. The van der Waals surface area contributed by atoms with Gasteiger partial charge in [0.1, 0.15) is 11.7 Å². The highest BCUT2D eigenvalue weighted by molar-refractivity contribution is 5.80. The molecule has 0 aliphatic carbocycles. The van der Waals surface area contributed by atoms with Crippen LogP contribution < -0.4 is 11.1 Å². The standard InChI is InChI=1S/C17H19NO2.C5H11NO2/c19-16(12-11-14-7-3-1-4-8-14)17(20)18-13-15-9-5-2-6-10-15;1-5(2,3)8-4(6)7/h1-10,16,19H,11-13H2,(H,18,20);1-3H3,(H2,6,7). The van der Waals surface area contributed by atoms with Crippen molar-refractivity contribution in [3.8, 4) is 0 Å². The first-order valence-corrected chi connectivity index (χ1v) is 9.19. The maximum absolute atomic E-state index is 11.8. The van der Waals surface area contributed by atoms with Gasteiger partial charge in [-0.1, -0.05) is 60.7 Å². The van der Waals surface area contributed by atoms with Crippen LogP contribution in [0.25, 0.3) is 0 Å². The lowest BCUT2D eigenvalue weighted by molar-refractivity contribution is -0.129. The zero-order valence-electron chi connectivity index (χ0n) is 16.7. The first-order valence-electron chi connectivity index (χ1n) is 9.19. The van der Waals surface area contributed by atoms with Crippen molar-refractivity contribution >= 4 is 12.0 Å². The minimum absolute atomic E-state index is 0.315. The SMILES string of the molecule is CC(C)(C)OC(N)=O.O=C(NCc1ccccc1)C(O)CCc1ccccc1. The number of hydrogen-bond acceptors (Lipinski definition) is 4. The molecule has 28 heavy (non-hydrogen) atoms. The second-order valence-corrected chi connectivity index (χ2v) is 7.28. The van der Waals surface area contributed by atoms with E-state index in [1.54, 1.807) is 20.8 Å². The van der Waals surface area contributed by atoms with Crippen molar-refractivity contribution in [1.29, 1.82) is 0 Å². The number of nitrogens with one attached hydrogen (secondary N) is 1. The fourth-order valence-corrected chi connectivity index (χ4v) is 2.28. The van der Waals surface area contributed by atoms with Gasteiger partial charge in [0.2, 0.25) is 5.91 Å². The lowest BCUT2D eigenvalue weighted by atomic mass is 10.1. The van der Waals surface area contributed by atoms with Crippen LogP contribution >= 0.6 is 0 Å². The Kier molecular flexibility index (Phi) is 9.74. The molecule has 0 aliphatic heterocycles. The summed E-state index contributed by atoms with van der Waals surface area (Å²) in [5, 5.41) is 12.6. The highest BCUT2D eigenvalue weighted by Crippen LogP contribution is 2.06. The van der Waals surface area contributed by atoms with Gasteiger partial charge in [0, 0.05) is 6.54 Å². The summed E-state index contributed by atoms with van der Waals surface area (Å²) in [5.41, 5.74) is 6.42. The van der Waals surface area contributed by atoms with Crippen LogP contribution in [0.3, 0.4) is 0 Å². The number of carbonyl (C=O) groups is 2. The van der Waals surface area contributed by atoms with E-state index >= 15 is 0 Å². The summed E-state index contributed by atoms with van der Waals surface area (Å²) in [4.78, 5) is 21.8. The molecule has 6 nitrogen and oxygen atoms in total. The molecule has 0 bridgehead atoms. The fraction of sp³-hybridized carbons (Fsp3) is 0.364. The number of primary amides is 1. The first kappa shape index (κ1) is 23.2. The highest BCUT2D eigenvalue weighted by Gasteiger charge is 2.14. The van der Waals surface area contributed by atoms with Crippen molar-refractivity contribution in [3.63, 3.8) is 0 Å². The van der Waals surface area contributed by atoms with Crippen LogP contribution in [0.15, 0.2) is 60.7 Å². The molecule has 2 aromatic rings. The third-order valence-corrected chi connectivity index (χ3v) is 3.57. The average Bonchev–Trinajstić information content (AvgIpc) is 2.64. The number of rotatable bonds is 6. The fourth-order valence-electron chi connectivity index (χ4n) is 2.28. The highest BCUT2D eigenvalue weighted by atomic mass is 16.6. The van der Waals surface area contributed by atoms with Crippen LogP contribution in [0.1, 0.15) is 38.3 Å². The van der Waals surface area contributed by atoms with E-state index in [1.165, 1.54) is 0 Å². The normalized spacial score (nSPS) is 11.6. The van der Waals surface area contributed by atoms with Crippen LogP contribution in [0.4, 0.5) is 4.79 Å². The van der Waals surface area contributed by atoms with Crippen molar-refractivity contribution in [2.75, 3.05) is 0 Å². The molecule has 1 unspecified atom stereocenters. The number of aliphatic hydroxyl groups is 1. The maximum atomic E-state index is 11.8. The lowest BCUT2D eigenvalue weighted by Gasteiger charge is -2.16. The van der Waals surface area contributed by atoms with E-state index in [4.69, 9.17) is 5.73 Å². The molecule has 0 fully saturated rings. The largest absolute Gasteiger partial charge is 0.444 e. The second-order valence-electron chi connectivity index (χ2n) is 7.28. The molecule has 0 aliphatic rings. The Bertz CT molecular complexity index is 712. The van der Waals surface area contributed by atoms with Gasteiger partial charge in [-0.3, -0.25) is 4.79 Å². The monoisotopic (exact) mass is 386 g/mol. The molecule has 2 amide bonds. The Morgan fingerprint density at radius 1 is 1.00 bits per heavy atom. The molecule has 0 heterocycles. The molecule has 0 spiro atoms. The lowest BCUT2D eigenvalue weighted by Crippen LogP contribution is -2.34. The van der Waals surface area contributed by atoms with Gasteiger partial charge in [-0.25, -0.2) is 4.79 Å². The molecule has 0 saturated carbocycles. The van der Waals surface area contributed by atoms with Gasteiger partial charge < -0.3 is 20.9 Å². The van der Waals surface area contributed by atoms with Gasteiger partial charge in [0.15, 0.2) is 0 Å². The van der Waals surface area contributed by atoms with Gasteiger partial charge in [0.05, 0.1) is 0 Å². The summed E-state index contributed by atoms with van der Waals surface area (Å²) in [6.45, 7) is 5.73. The minimum atomic E-state index is -0.959. The second kappa shape index (κ2) is 11.8. The van der Waals surface area contributed by atoms with E-state index < -0.39 is 17.8 Å². The number of nitrogens with two attached hydrogens (primary N) is 1. The minimum Gasteiger partial charge on any atom is -0.444 e. The Morgan fingerprint density at radius 2 is 1.50 bits per heavy atom. The molecule has 152 valence electrons. The predicted molar refractivity (Wildman–Crippen MR) is 109 cm³/mol. The molecule has 0 aromatic heterocycles. The van der Waals surface area contributed by atoms with Crippen LogP contribution in [-0.2, 0) is 22.5 Å². The number of hydrogen-bond donors (Lipinski definition) is 3. The summed E-state index contributed by atoms with van der Waals surface area (Å²) < 4.78 is 4.58. The maximum Gasteiger partial charge on any atom is 0.405 e. The van der Waals surface area contributed by atoms with Crippen molar-refractivity contribution in [1.82, 2.24) is 5.32 Å². The Balaban J connectivity index is 0.000000416. The summed E-state index contributed by atoms with van der Waals surface area (Å²) in [6, 6.07) is 19.5. The average molecular weight is 386 g/mol. The summed E-state index contributed by atoms with van der Waals surface area (Å²) in [5.74, 6) is -0.315. The molecule has 6 heteroatoms. The topological polar surface area (TPSA) is 102 Å². The number of carbonyl (C=O) groups excluding carboxylic acids is 2. The number of aryl methyl sites for hydroxylation is 1. The van der Waals surface area contributed by atoms with Crippen molar-refractivity contribution in [3.05, 3.63) is 71.8 Å². The quantitative estimate of drug-likeness (QED) is 0.709. The zero-order valence-corrected chi connectivity index (χ0v) is 16.7. The molecular weight excluding hydrogens is 356 g/mol. The first-order chi connectivity index (χ1) is 13.2. The Morgan fingerprint density at radius 3 is 1.93 bits per heavy atom. The van der Waals surface area contributed by atoms with E-state index in [0.717, 1.165) is 11.1 Å². The smallest absolute Gasteiger partial charge is 0.405 e. The van der Waals surface area contributed by atoms with Crippen LogP contribution in [-0.4, -0.2) is 28.8 Å². The van der Waals surface area contributed by atoms with Crippen LogP contribution in [0, 0.1) is 0 Å². The van der Waals surface area contributed by atoms with Crippen LogP contribution in [0.2, 0.25) is 0 Å². The molecule has 1 atom stereocenters. The Hall–Kier alpha value is -2.86.